The summed E-state index contributed by atoms with van der Waals surface area (Å²) < 4.78 is 8.07. The van der Waals surface area contributed by atoms with Gasteiger partial charge in [-0.2, -0.15) is 5.26 Å². The predicted octanol–water partition coefficient (Wildman–Crippen LogP) is 2.43. The molecule has 0 radical (unpaired) electrons. The zero-order chi connectivity index (χ0) is 12.1. The van der Waals surface area contributed by atoms with Crippen molar-refractivity contribution in [2.75, 3.05) is 0 Å². The quantitative estimate of drug-likeness (QED) is 0.615. The molecule has 5 heteroatoms. The Kier molecular flexibility index (Phi) is 3.77. The molecular formula is C12H7IN2O2. The minimum atomic E-state index is -0.436. The Bertz CT molecular complexity index is 565. The Hall–Kier alpha value is -1.81. The second kappa shape index (κ2) is 5.50. The molecule has 0 atom stereocenters. The van der Waals surface area contributed by atoms with E-state index >= 15 is 0 Å². The number of ether oxygens (including phenoxy) is 1. The molecule has 0 spiro atoms. The van der Waals surface area contributed by atoms with Crippen molar-refractivity contribution < 1.29 is 9.53 Å². The highest BCUT2D eigenvalue weighted by Gasteiger charge is 2.03. The first-order valence-corrected chi connectivity index (χ1v) is 7.02. The number of aliphatic imine (C=N–C) groups is 1. The van der Waals surface area contributed by atoms with E-state index in [1.54, 1.807) is 30.5 Å². The number of carbonyl (C=O) groups excluding carboxylic acids is 1. The number of nitrogens with zero attached hydrogens (tertiary/aromatic N) is 2. The molecule has 0 bridgehead atoms. The molecule has 0 saturated heterocycles. The Morgan fingerprint density at radius 1 is 1.35 bits per heavy atom. The Labute approximate surface area is 108 Å². The summed E-state index contributed by atoms with van der Waals surface area (Å²) in [5.74, 6) is 1.14. The Morgan fingerprint density at radius 3 is 2.65 bits per heavy atom. The molecule has 0 unspecified atom stereocenters. The number of nitriles is 1. The van der Waals surface area contributed by atoms with Crippen molar-refractivity contribution in [2.45, 2.75) is 0 Å². The van der Waals surface area contributed by atoms with Crippen molar-refractivity contribution >= 4 is 36.9 Å². The highest BCUT2D eigenvalue weighted by molar-refractivity contribution is 14.2. The molecule has 2 rings (SSSR count). The summed E-state index contributed by atoms with van der Waals surface area (Å²) >= 11 is -0.436. The van der Waals surface area contributed by atoms with Crippen molar-refractivity contribution in [1.29, 1.82) is 5.26 Å². The molecule has 0 amide bonds. The number of allylic oxidation sites excluding steroid dienone is 1. The summed E-state index contributed by atoms with van der Waals surface area (Å²) in [5, 5.41) is 8.67. The lowest BCUT2D eigenvalue weighted by atomic mass is 10.2. The van der Waals surface area contributed by atoms with Gasteiger partial charge in [0.2, 0.25) is 5.90 Å². The third-order valence-corrected chi connectivity index (χ3v) is 3.95. The van der Waals surface area contributed by atoms with Crippen LogP contribution in [-0.4, -0.2) is 16.2 Å². The van der Waals surface area contributed by atoms with Crippen LogP contribution in [0, 0.1) is 11.3 Å². The molecular weight excluding hydrogens is 331 g/mol. The summed E-state index contributed by atoms with van der Waals surface area (Å²) in [6.07, 6.45) is 2.32. The maximum absolute atomic E-state index is 10.5. The average Bonchev–Trinajstić information content (AvgIpc) is 2.40. The molecule has 4 nitrogen and oxygen atoms in total. The van der Waals surface area contributed by atoms with Crippen LogP contribution in [0.5, 0.6) is 5.75 Å². The van der Waals surface area contributed by atoms with Crippen LogP contribution < -0.4 is 4.74 Å². The van der Waals surface area contributed by atoms with Crippen molar-refractivity contribution in [3.63, 3.8) is 0 Å². The summed E-state index contributed by atoms with van der Waals surface area (Å²) in [4.78, 5) is 14.5. The number of carbonyl (C=O) groups is 1. The van der Waals surface area contributed by atoms with E-state index in [0.29, 0.717) is 20.8 Å². The lowest BCUT2D eigenvalue weighted by Crippen LogP contribution is -2.09. The van der Waals surface area contributed by atoms with Crippen LogP contribution in [0.15, 0.2) is 39.0 Å². The van der Waals surface area contributed by atoms with Crippen molar-refractivity contribution in [1.82, 2.24) is 0 Å². The van der Waals surface area contributed by atoms with Gasteiger partial charge in [0.1, 0.15) is 21.7 Å². The molecule has 0 N–H and O–H groups in total. The maximum Gasteiger partial charge on any atom is 0.224 e. The Morgan fingerprint density at radius 2 is 2.12 bits per heavy atom. The smallest absolute Gasteiger partial charge is 0.224 e. The van der Waals surface area contributed by atoms with Gasteiger partial charge in [0, 0.05) is 9.58 Å². The van der Waals surface area contributed by atoms with Crippen molar-refractivity contribution in [3.05, 3.63) is 39.6 Å². The van der Waals surface area contributed by atoms with Crippen LogP contribution in [0.25, 0.3) is 0 Å². The van der Waals surface area contributed by atoms with Gasteiger partial charge in [0.15, 0.2) is 0 Å². The van der Waals surface area contributed by atoms with E-state index in [1.807, 2.05) is 4.01 Å². The number of rotatable bonds is 2. The first-order chi connectivity index (χ1) is 8.31. The molecule has 0 aromatic heterocycles. The minimum Gasteiger partial charge on any atom is -0.439 e. The summed E-state index contributed by atoms with van der Waals surface area (Å²) in [7, 11) is 0. The fraction of sp³-hybridized carbons (Fsp3) is 0. The predicted molar refractivity (Wildman–Crippen MR) is 73.7 cm³/mol. The number of hydrogen-bond acceptors (Lipinski definition) is 4. The molecule has 0 aliphatic carbocycles. The van der Waals surface area contributed by atoms with E-state index in [0.717, 1.165) is 6.29 Å². The highest BCUT2D eigenvalue weighted by Crippen LogP contribution is 2.18. The standard InChI is InChI=1S/C12H7IN2O2/c14-6-10-7-15-12(5-13-10)17-11-3-1-9(8-16)2-4-11/h1-5,7-8H. The largest absolute Gasteiger partial charge is 0.439 e. The van der Waals surface area contributed by atoms with E-state index in [4.69, 9.17) is 10.00 Å². The fourth-order valence-corrected chi connectivity index (χ4v) is 2.45. The van der Waals surface area contributed by atoms with Gasteiger partial charge >= 0.3 is 0 Å². The first kappa shape index (κ1) is 11.7. The average molecular weight is 338 g/mol. The van der Waals surface area contributed by atoms with Crippen molar-refractivity contribution in [2.24, 2.45) is 4.99 Å². The second-order valence-corrected chi connectivity index (χ2v) is 5.47. The van der Waals surface area contributed by atoms with Gasteiger partial charge in [0.25, 0.3) is 0 Å². The molecule has 1 aromatic rings. The summed E-state index contributed by atoms with van der Waals surface area (Å²) in [5.41, 5.74) is 0.603. The van der Waals surface area contributed by atoms with E-state index in [2.05, 4.69) is 11.1 Å². The van der Waals surface area contributed by atoms with Gasteiger partial charge in [-0.05, 0) is 24.3 Å². The molecule has 0 saturated carbocycles. The maximum atomic E-state index is 10.5. The number of benzene rings is 1. The summed E-state index contributed by atoms with van der Waals surface area (Å²) in [6.45, 7) is 0. The van der Waals surface area contributed by atoms with E-state index < -0.39 is 20.7 Å². The molecule has 0 fully saturated rings. The van der Waals surface area contributed by atoms with Gasteiger partial charge in [-0.1, -0.05) is 20.7 Å². The third kappa shape index (κ3) is 3.07. The number of aldehydes is 1. The van der Waals surface area contributed by atoms with Gasteiger partial charge in [-0.3, -0.25) is 4.79 Å². The number of halogens is 1. The zero-order valence-corrected chi connectivity index (χ0v) is 10.8. The molecule has 1 heterocycles. The van der Waals surface area contributed by atoms with Crippen LogP contribution in [0.4, 0.5) is 0 Å². The van der Waals surface area contributed by atoms with Crippen LogP contribution in [0.2, 0.25) is 0 Å². The second-order valence-electron chi connectivity index (χ2n) is 3.06. The minimum absolute atomic E-state index is 0.436. The monoisotopic (exact) mass is 338 g/mol. The van der Waals surface area contributed by atoms with Crippen LogP contribution in [0.1, 0.15) is 10.4 Å². The van der Waals surface area contributed by atoms with Crippen LogP contribution in [0.3, 0.4) is 0 Å². The topological polar surface area (TPSA) is 62.4 Å². The molecule has 1 aliphatic heterocycles. The summed E-state index contributed by atoms with van der Waals surface area (Å²) in [6, 6.07) is 8.86. The normalized spacial score (nSPS) is 13.8. The zero-order valence-electron chi connectivity index (χ0n) is 8.63. The Balaban J connectivity index is 2.10. The highest BCUT2D eigenvalue weighted by atomic mass is 127. The van der Waals surface area contributed by atoms with E-state index in [9.17, 15) is 4.79 Å². The lowest BCUT2D eigenvalue weighted by Gasteiger charge is -2.06. The van der Waals surface area contributed by atoms with Crippen molar-refractivity contribution in [3.8, 4) is 11.8 Å². The van der Waals surface area contributed by atoms with Gasteiger partial charge < -0.3 is 4.74 Å². The number of hydrogen-bond donors (Lipinski definition) is 0. The van der Waals surface area contributed by atoms with Gasteiger partial charge in [-0.15, -0.1) is 0 Å². The van der Waals surface area contributed by atoms with E-state index in [-0.39, 0.29) is 0 Å². The van der Waals surface area contributed by atoms with Crippen LogP contribution >= 0.6 is 20.7 Å². The van der Waals surface area contributed by atoms with E-state index in [1.165, 1.54) is 0 Å². The SMILES string of the molecule is N#CC1=CN=C(Oc2ccc(C=O)cc2)C=I1. The third-order valence-electron chi connectivity index (χ3n) is 1.92. The molecule has 84 valence electrons. The van der Waals surface area contributed by atoms with Gasteiger partial charge in [0.05, 0.1) is 6.20 Å². The molecule has 1 aromatic carbocycles. The molecule has 1 aliphatic rings. The fourth-order valence-electron chi connectivity index (χ4n) is 1.12. The lowest BCUT2D eigenvalue weighted by molar-refractivity contribution is 0.112. The van der Waals surface area contributed by atoms with Gasteiger partial charge in [-0.25, -0.2) is 4.99 Å². The molecule has 17 heavy (non-hydrogen) atoms. The first-order valence-electron chi connectivity index (χ1n) is 4.69. The van der Waals surface area contributed by atoms with Crippen LogP contribution in [-0.2, 0) is 0 Å².